The minimum atomic E-state index is -0.491. The molecule has 4 rings (SSSR count). The number of nitrogens with zero attached hydrogens (tertiary/aromatic N) is 2. The Kier molecular flexibility index (Phi) is 6.53. The van der Waals surface area contributed by atoms with Crippen molar-refractivity contribution < 1.29 is 14.4 Å². The summed E-state index contributed by atoms with van der Waals surface area (Å²) in [6.07, 6.45) is 2.64. The number of halogens is 1. The van der Waals surface area contributed by atoms with Gasteiger partial charge in [-0.2, -0.15) is 0 Å². The number of anilines is 2. The van der Waals surface area contributed by atoms with Gasteiger partial charge >= 0.3 is 0 Å². The van der Waals surface area contributed by atoms with E-state index < -0.39 is 17.1 Å². The molecule has 0 bridgehead atoms. The van der Waals surface area contributed by atoms with Crippen LogP contribution in [0, 0.1) is 6.92 Å². The first-order valence-corrected chi connectivity index (χ1v) is 12.4. The van der Waals surface area contributed by atoms with Crippen LogP contribution >= 0.6 is 23.4 Å². The van der Waals surface area contributed by atoms with Crippen molar-refractivity contribution in [1.82, 2.24) is 4.90 Å². The van der Waals surface area contributed by atoms with Crippen LogP contribution in [0.1, 0.15) is 49.8 Å². The van der Waals surface area contributed by atoms with E-state index in [4.69, 9.17) is 11.6 Å². The first-order chi connectivity index (χ1) is 16.0. The van der Waals surface area contributed by atoms with E-state index in [1.165, 1.54) is 0 Å². The fraction of sp³-hybridized carbons (Fsp3) is 0.346. The van der Waals surface area contributed by atoms with Crippen LogP contribution in [-0.2, 0) is 9.59 Å². The monoisotopic (exact) mass is 497 g/mol. The zero-order valence-corrected chi connectivity index (χ0v) is 21.5. The van der Waals surface area contributed by atoms with Crippen molar-refractivity contribution in [2.75, 3.05) is 23.8 Å². The van der Waals surface area contributed by atoms with Crippen LogP contribution in [0.5, 0.6) is 0 Å². The van der Waals surface area contributed by atoms with Crippen LogP contribution in [0.15, 0.2) is 41.3 Å². The Morgan fingerprint density at radius 1 is 1.26 bits per heavy atom. The number of thioether (sulfide) groups is 1. The molecule has 2 heterocycles. The molecule has 1 fully saturated rings. The Labute approximate surface area is 209 Å². The van der Waals surface area contributed by atoms with E-state index in [0.29, 0.717) is 22.2 Å². The summed E-state index contributed by atoms with van der Waals surface area (Å²) in [6.45, 7) is 8.14. The fourth-order valence-electron chi connectivity index (χ4n) is 4.54. The topological polar surface area (TPSA) is 69.7 Å². The molecule has 1 unspecified atom stereocenters. The lowest BCUT2D eigenvalue weighted by Gasteiger charge is -2.45. The standard InChI is InChI=1S/C26H28ClN3O3S/c1-15-8-6-7-9-20(15)28-23(31)14-30-24(32)22(34-25(30)33)11-17-10-18-16(2)13-26(3,4)29(5)21(18)12-19(17)27/h6-12,16H,13-14H2,1-5H3,(H,28,31)/b22-11+. The number of imide groups is 1. The number of rotatable bonds is 4. The van der Waals surface area contributed by atoms with Crippen LogP contribution in [0.25, 0.3) is 6.08 Å². The van der Waals surface area contributed by atoms with Gasteiger partial charge in [-0.1, -0.05) is 36.7 Å². The maximum atomic E-state index is 13.0. The Morgan fingerprint density at radius 3 is 2.68 bits per heavy atom. The van der Waals surface area contributed by atoms with Crippen molar-refractivity contribution in [3.05, 3.63) is 63.0 Å². The highest BCUT2D eigenvalue weighted by atomic mass is 35.5. The summed E-state index contributed by atoms with van der Waals surface area (Å²) < 4.78 is 0. The number of carbonyl (C=O) groups is 3. The van der Waals surface area contributed by atoms with Gasteiger partial charge in [0.1, 0.15) is 6.54 Å². The predicted molar refractivity (Wildman–Crippen MR) is 139 cm³/mol. The number of carbonyl (C=O) groups excluding carboxylic acids is 3. The van der Waals surface area contributed by atoms with Gasteiger partial charge in [-0.05, 0) is 85.8 Å². The fourth-order valence-corrected chi connectivity index (χ4v) is 5.58. The minimum Gasteiger partial charge on any atom is -0.369 e. The molecule has 0 saturated carbocycles. The van der Waals surface area contributed by atoms with Crippen molar-refractivity contribution in [3.8, 4) is 0 Å². The third kappa shape index (κ3) is 4.59. The normalized spacial score (nSPS) is 20.6. The Bertz CT molecular complexity index is 1220. The maximum Gasteiger partial charge on any atom is 0.294 e. The molecule has 0 aromatic heterocycles. The molecule has 1 N–H and O–H groups in total. The van der Waals surface area contributed by atoms with Gasteiger partial charge in [0, 0.05) is 29.0 Å². The molecular weight excluding hydrogens is 470 g/mol. The highest BCUT2D eigenvalue weighted by molar-refractivity contribution is 8.18. The molecule has 3 amide bonds. The predicted octanol–water partition coefficient (Wildman–Crippen LogP) is 6.05. The van der Waals surface area contributed by atoms with Crippen LogP contribution in [-0.4, -0.2) is 41.1 Å². The van der Waals surface area contributed by atoms with Gasteiger partial charge in [-0.25, -0.2) is 0 Å². The summed E-state index contributed by atoms with van der Waals surface area (Å²) in [5, 5.41) is 2.80. The van der Waals surface area contributed by atoms with Crippen molar-refractivity contribution in [2.24, 2.45) is 0 Å². The highest BCUT2D eigenvalue weighted by Crippen LogP contribution is 2.45. The van der Waals surface area contributed by atoms with Crippen molar-refractivity contribution >= 4 is 57.9 Å². The molecule has 1 atom stereocenters. The van der Waals surface area contributed by atoms with Gasteiger partial charge in [0.25, 0.3) is 11.1 Å². The molecule has 2 aliphatic rings. The van der Waals surface area contributed by atoms with Gasteiger partial charge in [0.2, 0.25) is 5.91 Å². The van der Waals surface area contributed by atoms with Gasteiger partial charge < -0.3 is 10.2 Å². The molecular formula is C26H28ClN3O3S. The lowest BCUT2D eigenvalue weighted by molar-refractivity contribution is -0.127. The third-order valence-corrected chi connectivity index (χ3v) is 7.87. The molecule has 8 heteroatoms. The number of hydrogen-bond donors (Lipinski definition) is 1. The molecule has 178 valence electrons. The van der Waals surface area contributed by atoms with E-state index in [1.54, 1.807) is 12.1 Å². The van der Waals surface area contributed by atoms with Crippen molar-refractivity contribution in [1.29, 1.82) is 0 Å². The molecule has 1 saturated heterocycles. The Hall–Kier alpha value is -2.77. The van der Waals surface area contributed by atoms with E-state index in [-0.39, 0.29) is 17.0 Å². The zero-order valence-electron chi connectivity index (χ0n) is 19.9. The lowest BCUT2D eigenvalue weighted by atomic mass is 9.80. The van der Waals surface area contributed by atoms with Crippen LogP contribution in [0.4, 0.5) is 16.2 Å². The SMILES string of the molecule is Cc1ccccc1NC(=O)CN1C(=O)S/C(=C/c2cc3c(cc2Cl)N(C)C(C)(C)CC3C)C1=O. The van der Waals surface area contributed by atoms with Gasteiger partial charge in [-0.3, -0.25) is 19.3 Å². The summed E-state index contributed by atoms with van der Waals surface area (Å²) in [4.78, 5) is 41.5. The smallest absolute Gasteiger partial charge is 0.294 e. The number of hydrogen-bond acceptors (Lipinski definition) is 5. The van der Waals surface area contributed by atoms with Crippen LogP contribution in [0.3, 0.4) is 0 Å². The number of aryl methyl sites for hydroxylation is 1. The van der Waals surface area contributed by atoms with Crippen molar-refractivity contribution in [3.63, 3.8) is 0 Å². The van der Waals surface area contributed by atoms with E-state index in [9.17, 15) is 14.4 Å². The number of nitrogens with one attached hydrogen (secondary N) is 1. The summed E-state index contributed by atoms with van der Waals surface area (Å²) >= 11 is 7.43. The average Bonchev–Trinajstić information content (AvgIpc) is 3.02. The molecule has 2 aromatic rings. The van der Waals surface area contributed by atoms with E-state index in [0.717, 1.165) is 39.9 Å². The van der Waals surface area contributed by atoms with Gasteiger partial charge in [0.15, 0.2) is 0 Å². The first kappa shape index (κ1) is 24.4. The summed E-state index contributed by atoms with van der Waals surface area (Å²) in [5.74, 6) is -0.593. The van der Waals surface area contributed by atoms with Crippen LogP contribution < -0.4 is 10.2 Å². The Balaban J connectivity index is 1.55. The zero-order chi connectivity index (χ0) is 24.8. The number of benzene rings is 2. The molecule has 0 radical (unpaired) electrons. The third-order valence-electron chi connectivity index (χ3n) is 6.63. The summed E-state index contributed by atoms with van der Waals surface area (Å²) in [7, 11) is 2.06. The van der Waals surface area contributed by atoms with Gasteiger partial charge in [-0.15, -0.1) is 0 Å². The lowest BCUT2D eigenvalue weighted by Crippen LogP contribution is -2.45. The molecule has 0 aliphatic carbocycles. The van der Waals surface area contributed by atoms with E-state index >= 15 is 0 Å². The highest BCUT2D eigenvalue weighted by Gasteiger charge is 2.37. The van der Waals surface area contributed by atoms with E-state index in [1.807, 2.05) is 37.3 Å². The largest absolute Gasteiger partial charge is 0.369 e. The quantitative estimate of drug-likeness (QED) is 0.521. The van der Waals surface area contributed by atoms with Crippen LogP contribution in [0.2, 0.25) is 5.02 Å². The Morgan fingerprint density at radius 2 is 1.97 bits per heavy atom. The molecule has 2 aliphatic heterocycles. The number of para-hydroxylation sites is 1. The maximum absolute atomic E-state index is 13.0. The second kappa shape index (κ2) is 9.12. The summed E-state index contributed by atoms with van der Waals surface area (Å²) in [6, 6.07) is 11.3. The second-order valence-electron chi connectivity index (χ2n) is 9.54. The van der Waals surface area contributed by atoms with Crippen molar-refractivity contribution in [2.45, 2.75) is 45.6 Å². The first-order valence-electron chi connectivity index (χ1n) is 11.2. The van der Waals surface area contributed by atoms with Gasteiger partial charge in [0.05, 0.1) is 4.91 Å². The molecule has 6 nitrogen and oxygen atoms in total. The minimum absolute atomic E-state index is 0.0127. The molecule has 34 heavy (non-hydrogen) atoms. The molecule has 0 spiro atoms. The summed E-state index contributed by atoms with van der Waals surface area (Å²) in [5.41, 5.74) is 4.49. The second-order valence-corrected chi connectivity index (χ2v) is 10.9. The average molecular weight is 498 g/mol. The van der Waals surface area contributed by atoms with E-state index in [2.05, 4.69) is 38.0 Å². The number of amides is 3. The molecule has 2 aromatic carbocycles. The number of fused-ring (bicyclic) bond motifs is 1.